The second-order valence-corrected chi connectivity index (χ2v) is 16.0. The quantitative estimate of drug-likeness (QED) is 0.310. The molecule has 0 bridgehead atoms. The first-order chi connectivity index (χ1) is 21.2. The van der Waals surface area contributed by atoms with Gasteiger partial charge in [-0.1, -0.05) is 108 Å². The van der Waals surface area contributed by atoms with E-state index in [0.717, 1.165) is 11.5 Å². The molecule has 1 aliphatic heterocycles. The van der Waals surface area contributed by atoms with Crippen molar-refractivity contribution in [2.75, 3.05) is 0 Å². The molecule has 7 rings (SSSR count). The Hall–Kier alpha value is -1.28. The second kappa shape index (κ2) is 14.0. The van der Waals surface area contributed by atoms with Crippen LogP contribution >= 0.6 is 20.5 Å². The van der Waals surface area contributed by atoms with Crippen molar-refractivity contribution in [2.24, 2.45) is 0 Å². The number of fused-ring (bicyclic) bond motifs is 2. The van der Waals surface area contributed by atoms with Gasteiger partial charge >= 0.3 is 8.60 Å². The lowest BCUT2D eigenvalue weighted by atomic mass is 9.75. The van der Waals surface area contributed by atoms with Crippen molar-refractivity contribution in [3.05, 3.63) is 57.6 Å². The van der Waals surface area contributed by atoms with E-state index in [0.29, 0.717) is 23.7 Å². The van der Waals surface area contributed by atoms with Gasteiger partial charge in [0.15, 0.2) is 0 Å². The molecular weight excluding hydrogens is 571 g/mol. The van der Waals surface area contributed by atoms with Crippen LogP contribution in [0.2, 0.25) is 0 Å². The van der Waals surface area contributed by atoms with E-state index in [2.05, 4.69) is 31.2 Å². The van der Waals surface area contributed by atoms with Gasteiger partial charge in [-0.3, -0.25) is 0 Å². The SMILES string of the molecule is CC1c2cc(C3CCCCC3)cc(C3CCCCC3)c2OP(OCl)Oc2c(C3CCCCC3)cc(C3CCCCC3)cc21. The molecule has 43 heavy (non-hydrogen) atoms. The molecule has 0 radical (unpaired) electrons. The highest BCUT2D eigenvalue weighted by atomic mass is 35.5. The number of hydrogen-bond acceptors (Lipinski definition) is 3. The predicted molar refractivity (Wildman–Crippen MR) is 179 cm³/mol. The minimum Gasteiger partial charge on any atom is -0.416 e. The van der Waals surface area contributed by atoms with E-state index < -0.39 is 8.60 Å². The highest BCUT2D eigenvalue weighted by Crippen LogP contribution is 2.57. The number of hydrogen-bond donors (Lipinski definition) is 0. The Labute approximate surface area is 267 Å². The molecule has 0 aromatic heterocycles. The monoisotopic (exact) mass is 622 g/mol. The first kappa shape index (κ1) is 30.4. The summed E-state index contributed by atoms with van der Waals surface area (Å²) in [5.41, 5.74) is 8.56. The number of halogens is 1. The first-order valence-corrected chi connectivity index (χ1v) is 19.4. The molecule has 1 heterocycles. The average molecular weight is 623 g/mol. The molecule has 0 N–H and O–H groups in total. The highest BCUT2D eigenvalue weighted by Gasteiger charge is 2.36. The van der Waals surface area contributed by atoms with Crippen LogP contribution in [-0.4, -0.2) is 0 Å². The molecule has 4 saturated carbocycles. The zero-order valence-electron chi connectivity index (χ0n) is 26.4. The van der Waals surface area contributed by atoms with Crippen molar-refractivity contribution in [1.82, 2.24) is 0 Å². The third-order valence-corrected chi connectivity index (χ3v) is 13.0. The van der Waals surface area contributed by atoms with Crippen LogP contribution in [0.1, 0.15) is 198 Å². The molecule has 5 heteroatoms. The summed E-state index contributed by atoms with van der Waals surface area (Å²) in [6.45, 7) is 2.42. The summed E-state index contributed by atoms with van der Waals surface area (Å²) in [6, 6.07) is 10.1. The van der Waals surface area contributed by atoms with Gasteiger partial charge in [-0.05, 0) is 97.3 Å². The summed E-state index contributed by atoms with van der Waals surface area (Å²) in [7, 11) is -1.76. The topological polar surface area (TPSA) is 27.7 Å². The highest BCUT2D eigenvalue weighted by molar-refractivity contribution is 7.43. The smallest absolute Gasteiger partial charge is 0.416 e. The van der Waals surface area contributed by atoms with E-state index in [1.807, 2.05) is 0 Å². The minimum absolute atomic E-state index is 0.189. The van der Waals surface area contributed by atoms with Gasteiger partial charge in [-0.2, -0.15) is 4.08 Å². The lowest BCUT2D eigenvalue weighted by Gasteiger charge is -2.35. The lowest BCUT2D eigenvalue weighted by Crippen LogP contribution is -2.17. The Morgan fingerprint density at radius 3 is 1.19 bits per heavy atom. The van der Waals surface area contributed by atoms with Crippen LogP contribution in [0, 0.1) is 0 Å². The average Bonchev–Trinajstić information content (AvgIpc) is 3.08. The van der Waals surface area contributed by atoms with Crippen LogP contribution in [-0.2, 0) is 4.08 Å². The zero-order chi connectivity index (χ0) is 29.2. The Balaban J connectivity index is 1.40. The van der Waals surface area contributed by atoms with Gasteiger partial charge in [0.05, 0.1) is 11.9 Å². The van der Waals surface area contributed by atoms with E-state index in [4.69, 9.17) is 25.0 Å². The summed E-state index contributed by atoms with van der Waals surface area (Å²) in [6.07, 6.45) is 26.3. The standard InChI is InChI=1S/C38H52ClO3P/c1-26-33-22-31(27-14-6-2-7-15-27)24-35(29-18-10-4-11-19-29)37(33)40-43(42-39)41-38-34(26)23-32(28-16-8-3-9-17-28)25-36(38)30-20-12-5-13-21-30/h22-30H,2-21H2,1H3. The Bertz CT molecular complexity index is 1140. The predicted octanol–water partition coefficient (Wildman–Crippen LogP) is 13.2. The van der Waals surface area contributed by atoms with E-state index in [9.17, 15) is 0 Å². The first-order valence-electron chi connectivity index (χ1n) is 18.0. The van der Waals surface area contributed by atoms with Crippen molar-refractivity contribution in [3.63, 3.8) is 0 Å². The third kappa shape index (κ3) is 6.53. The summed E-state index contributed by atoms with van der Waals surface area (Å²) in [4.78, 5) is 0. The fraction of sp³-hybridized carbons (Fsp3) is 0.684. The minimum atomic E-state index is -1.76. The largest absolute Gasteiger partial charge is 0.481 e. The van der Waals surface area contributed by atoms with Crippen molar-refractivity contribution in [2.45, 2.75) is 165 Å². The molecule has 0 atom stereocenters. The molecule has 5 aliphatic rings. The van der Waals surface area contributed by atoms with Crippen molar-refractivity contribution in [1.29, 1.82) is 0 Å². The van der Waals surface area contributed by atoms with Gasteiger partial charge in [0.2, 0.25) is 0 Å². The van der Waals surface area contributed by atoms with E-state index in [1.54, 1.807) is 11.1 Å². The van der Waals surface area contributed by atoms with Gasteiger partial charge in [0.25, 0.3) is 0 Å². The normalized spacial score (nSPS) is 26.5. The van der Waals surface area contributed by atoms with Gasteiger partial charge in [-0.15, -0.1) is 0 Å². The fourth-order valence-electron chi connectivity index (χ4n) is 9.39. The summed E-state index contributed by atoms with van der Waals surface area (Å²) >= 11 is 6.24. The van der Waals surface area contributed by atoms with Crippen molar-refractivity contribution in [3.8, 4) is 11.5 Å². The molecule has 234 valence electrons. The van der Waals surface area contributed by atoms with Crippen LogP contribution in [0.3, 0.4) is 0 Å². The number of benzene rings is 2. The summed E-state index contributed by atoms with van der Waals surface area (Å²) in [5, 5.41) is 0. The van der Waals surface area contributed by atoms with E-state index >= 15 is 0 Å². The summed E-state index contributed by atoms with van der Waals surface area (Å²) < 4.78 is 19.2. The van der Waals surface area contributed by atoms with Crippen LogP contribution in [0.5, 0.6) is 11.5 Å². The molecular formula is C38H52ClO3P. The Morgan fingerprint density at radius 1 is 0.512 bits per heavy atom. The molecule has 2 aromatic rings. The molecule has 0 spiro atoms. The summed E-state index contributed by atoms with van der Waals surface area (Å²) in [5.74, 6) is 4.61. The Kier molecular flexibility index (Phi) is 9.90. The van der Waals surface area contributed by atoms with E-state index in [1.165, 1.54) is 151 Å². The molecule has 0 amide bonds. The second-order valence-electron chi connectivity index (χ2n) is 14.6. The van der Waals surface area contributed by atoms with Gasteiger partial charge in [0, 0.05) is 17.0 Å². The molecule has 3 nitrogen and oxygen atoms in total. The number of rotatable bonds is 5. The Morgan fingerprint density at radius 2 is 0.837 bits per heavy atom. The van der Waals surface area contributed by atoms with E-state index in [-0.39, 0.29) is 5.92 Å². The van der Waals surface area contributed by atoms with Crippen molar-refractivity contribution < 1.29 is 13.1 Å². The van der Waals surface area contributed by atoms with Crippen molar-refractivity contribution >= 4 is 20.5 Å². The maximum Gasteiger partial charge on any atom is 0.481 e. The molecule has 2 aromatic carbocycles. The molecule has 0 saturated heterocycles. The lowest BCUT2D eigenvalue weighted by molar-refractivity contribution is 0.370. The fourth-order valence-corrected chi connectivity index (χ4v) is 10.4. The van der Waals surface area contributed by atoms with Crippen LogP contribution in [0.25, 0.3) is 0 Å². The molecule has 4 fully saturated rings. The van der Waals surface area contributed by atoms with Gasteiger partial charge in [-0.25, -0.2) is 0 Å². The maximum atomic E-state index is 6.82. The van der Waals surface area contributed by atoms with Gasteiger partial charge < -0.3 is 9.05 Å². The molecule has 0 unspecified atom stereocenters. The van der Waals surface area contributed by atoms with Crippen LogP contribution < -0.4 is 9.05 Å². The third-order valence-electron chi connectivity index (χ3n) is 11.9. The maximum absolute atomic E-state index is 6.82. The zero-order valence-corrected chi connectivity index (χ0v) is 28.0. The van der Waals surface area contributed by atoms with Gasteiger partial charge in [0.1, 0.15) is 11.5 Å². The van der Waals surface area contributed by atoms with Crippen LogP contribution in [0.4, 0.5) is 0 Å². The van der Waals surface area contributed by atoms with Crippen LogP contribution in [0.15, 0.2) is 24.3 Å². The molecule has 4 aliphatic carbocycles.